The van der Waals surface area contributed by atoms with Gasteiger partial charge in [-0.25, -0.2) is 9.97 Å². The second kappa shape index (κ2) is 6.60. The highest BCUT2D eigenvalue weighted by Gasteiger charge is 2.33. The van der Waals surface area contributed by atoms with E-state index in [1.54, 1.807) is 0 Å². The van der Waals surface area contributed by atoms with Gasteiger partial charge in [0.25, 0.3) is 0 Å². The number of hydrogen-bond donors (Lipinski definition) is 1. The van der Waals surface area contributed by atoms with Crippen LogP contribution in [0.25, 0.3) is 0 Å². The lowest BCUT2D eigenvalue weighted by Crippen LogP contribution is -2.49. The quantitative estimate of drug-likeness (QED) is 0.927. The summed E-state index contributed by atoms with van der Waals surface area (Å²) in [6.07, 6.45) is 5.40. The van der Waals surface area contributed by atoms with Crippen molar-refractivity contribution in [2.75, 3.05) is 26.2 Å². The van der Waals surface area contributed by atoms with Gasteiger partial charge in [0, 0.05) is 25.3 Å². The van der Waals surface area contributed by atoms with Crippen molar-refractivity contribution in [1.29, 1.82) is 0 Å². The predicted octanol–water partition coefficient (Wildman–Crippen LogP) is 2.16. The van der Waals surface area contributed by atoms with Gasteiger partial charge in [0.05, 0.1) is 17.9 Å². The van der Waals surface area contributed by atoms with Crippen LogP contribution in [-0.2, 0) is 4.74 Å². The third-order valence-electron chi connectivity index (χ3n) is 4.77. The van der Waals surface area contributed by atoms with Crippen LogP contribution in [0.4, 0.5) is 0 Å². The molecular weight excluding hydrogens is 278 g/mol. The number of aromatic nitrogens is 2. The van der Waals surface area contributed by atoms with Gasteiger partial charge in [0.15, 0.2) is 0 Å². The molecular formula is C17H27N3O2. The fourth-order valence-electron chi connectivity index (χ4n) is 3.72. The van der Waals surface area contributed by atoms with Crippen molar-refractivity contribution in [1.82, 2.24) is 14.9 Å². The van der Waals surface area contributed by atoms with Crippen LogP contribution in [0.5, 0.6) is 0 Å². The minimum Gasteiger partial charge on any atom is -0.389 e. The fourth-order valence-corrected chi connectivity index (χ4v) is 3.72. The summed E-state index contributed by atoms with van der Waals surface area (Å²) >= 11 is 0. The number of β-amino-alcohol motifs (C(OH)–C–C–N with tert-alkyl or cyclic N) is 1. The molecule has 5 heteroatoms. The Labute approximate surface area is 132 Å². The number of hydrogen-bond acceptors (Lipinski definition) is 5. The Morgan fingerprint density at radius 1 is 1.27 bits per heavy atom. The Morgan fingerprint density at radius 3 is 2.77 bits per heavy atom. The number of nitrogens with zero attached hydrogens (tertiary/aromatic N) is 3. The molecule has 1 saturated heterocycles. The highest BCUT2D eigenvalue weighted by Crippen LogP contribution is 2.30. The molecule has 0 aromatic carbocycles. The topological polar surface area (TPSA) is 58.5 Å². The standard InChI is InChI=1S/C17H27N3O2/c1-13-10-15(19-14(2)18-13)16-11-20(8-9-22-16)12-17(21)6-4-3-5-7-17/h10,16,21H,3-9,11-12H2,1-2H3. The monoisotopic (exact) mass is 305 g/mol. The largest absolute Gasteiger partial charge is 0.389 e. The van der Waals surface area contributed by atoms with Crippen molar-refractivity contribution >= 4 is 0 Å². The van der Waals surface area contributed by atoms with Crippen molar-refractivity contribution in [2.24, 2.45) is 0 Å². The molecule has 1 aliphatic heterocycles. The number of rotatable bonds is 3. The third-order valence-corrected chi connectivity index (χ3v) is 4.77. The summed E-state index contributed by atoms with van der Waals surface area (Å²) in [6.45, 7) is 7.06. The van der Waals surface area contributed by atoms with Crippen LogP contribution in [0.15, 0.2) is 6.07 Å². The van der Waals surface area contributed by atoms with Crippen LogP contribution in [0.3, 0.4) is 0 Å². The van der Waals surface area contributed by atoms with Gasteiger partial charge in [-0.2, -0.15) is 0 Å². The van der Waals surface area contributed by atoms with E-state index in [-0.39, 0.29) is 6.10 Å². The Bertz CT molecular complexity index is 494. The van der Waals surface area contributed by atoms with Gasteiger partial charge in [-0.05, 0) is 32.8 Å². The molecule has 2 heterocycles. The SMILES string of the molecule is Cc1cc(C2CN(CC3(O)CCCCC3)CCO2)nc(C)n1. The Morgan fingerprint density at radius 2 is 2.05 bits per heavy atom. The molecule has 0 bridgehead atoms. The zero-order valence-electron chi connectivity index (χ0n) is 13.7. The summed E-state index contributed by atoms with van der Waals surface area (Å²) in [4.78, 5) is 11.2. The van der Waals surface area contributed by atoms with Crippen LogP contribution in [0, 0.1) is 13.8 Å². The molecule has 2 fully saturated rings. The van der Waals surface area contributed by atoms with Crippen LogP contribution < -0.4 is 0 Å². The molecule has 1 aromatic rings. The highest BCUT2D eigenvalue weighted by atomic mass is 16.5. The van der Waals surface area contributed by atoms with Crippen LogP contribution in [0.1, 0.15) is 55.4 Å². The normalized spacial score (nSPS) is 26.0. The van der Waals surface area contributed by atoms with Crippen LogP contribution >= 0.6 is 0 Å². The zero-order chi connectivity index (χ0) is 15.6. The maximum absolute atomic E-state index is 10.8. The van der Waals surface area contributed by atoms with Gasteiger partial charge in [-0.3, -0.25) is 4.90 Å². The van der Waals surface area contributed by atoms with Crippen molar-refractivity contribution in [3.63, 3.8) is 0 Å². The summed E-state index contributed by atoms with van der Waals surface area (Å²) in [5.41, 5.74) is 1.44. The summed E-state index contributed by atoms with van der Waals surface area (Å²) in [6, 6.07) is 2.01. The van der Waals surface area contributed by atoms with Crippen LogP contribution in [0.2, 0.25) is 0 Å². The van der Waals surface area contributed by atoms with Gasteiger partial charge in [0.1, 0.15) is 11.9 Å². The molecule has 3 rings (SSSR count). The number of ether oxygens (including phenoxy) is 1. The first-order chi connectivity index (χ1) is 10.5. The third kappa shape index (κ3) is 3.83. The molecule has 2 aliphatic rings. The van der Waals surface area contributed by atoms with Gasteiger partial charge >= 0.3 is 0 Å². The first-order valence-electron chi connectivity index (χ1n) is 8.43. The van der Waals surface area contributed by atoms with Crippen molar-refractivity contribution in [3.8, 4) is 0 Å². The summed E-state index contributed by atoms with van der Waals surface area (Å²) in [7, 11) is 0. The minimum absolute atomic E-state index is 0.0126. The van der Waals surface area contributed by atoms with E-state index in [1.807, 2.05) is 19.9 Å². The average Bonchev–Trinajstić information content (AvgIpc) is 2.47. The van der Waals surface area contributed by atoms with Crippen molar-refractivity contribution in [2.45, 2.75) is 57.7 Å². The van der Waals surface area contributed by atoms with E-state index in [1.165, 1.54) is 6.42 Å². The molecule has 1 N–H and O–H groups in total. The lowest BCUT2D eigenvalue weighted by molar-refractivity contribution is -0.0777. The molecule has 0 spiro atoms. The second-order valence-electron chi connectivity index (χ2n) is 6.86. The van der Waals surface area contributed by atoms with Crippen LogP contribution in [-0.4, -0.2) is 51.8 Å². The molecule has 122 valence electrons. The van der Waals surface area contributed by atoms with E-state index in [0.29, 0.717) is 6.61 Å². The molecule has 0 radical (unpaired) electrons. The van der Waals surface area contributed by atoms with Crippen molar-refractivity contribution < 1.29 is 9.84 Å². The van der Waals surface area contributed by atoms with Gasteiger partial charge in [-0.15, -0.1) is 0 Å². The van der Waals surface area contributed by atoms with E-state index in [4.69, 9.17) is 4.74 Å². The predicted molar refractivity (Wildman–Crippen MR) is 84.7 cm³/mol. The molecule has 1 aliphatic carbocycles. The first-order valence-corrected chi connectivity index (χ1v) is 8.43. The lowest BCUT2D eigenvalue weighted by atomic mass is 9.84. The summed E-state index contributed by atoms with van der Waals surface area (Å²) in [5, 5.41) is 10.8. The highest BCUT2D eigenvalue weighted by molar-refractivity contribution is 5.13. The Kier molecular flexibility index (Phi) is 4.76. The molecule has 22 heavy (non-hydrogen) atoms. The number of aliphatic hydroxyl groups is 1. The first kappa shape index (κ1) is 15.8. The van der Waals surface area contributed by atoms with Gasteiger partial charge in [-0.1, -0.05) is 19.3 Å². The minimum atomic E-state index is -0.502. The smallest absolute Gasteiger partial charge is 0.125 e. The molecule has 5 nitrogen and oxygen atoms in total. The molecule has 1 unspecified atom stereocenters. The molecule has 0 amide bonds. The number of morpholine rings is 1. The van der Waals surface area contributed by atoms with Crippen molar-refractivity contribution in [3.05, 3.63) is 23.3 Å². The number of aryl methyl sites for hydroxylation is 2. The molecule has 1 saturated carbocycles. The average molecular weight is 305 g/mol. The van der Waals surface area contributed by atoms with E-state index in [9.17, 15) is 5.11 Å². The Hall–Kier alpha value is -1.04. The maximum atomic E-state index is 10.8. The molecule has 1 aromatic heterocycles. The summed E-state index contributed by atoms with van der Waals surface area (Å²) < 4.78 is 5.91. The summed E-state index contributed by atoms with van der Waals surface area (Å²) in [5.74, 6) is 0.793. The van der Waals surface area contributed by atoms with E-state index >= 15 is 0 Å². The lowest BCUT2D eigenvalue weighted by Gasteiger charge is -2.40. The van der Waals surface area contributed by atoms with E-state index < -0.39 is 5.60 Å². The second-order valence-corrected chi connectivity index (χ2v) is 6.86. The molecule has 1 atom stereocenters. The van der Waals surface area contributed by atoms with Gasteiger partial charge in [0.2, 0.25) is 0 Å². The maximum Gasteiger partial charge on any atom is 0.125 e. The van der Waals surface area contributed by atoms with E-state index in [2.05, 4.69) is 14.9 Å². The zero-order valence-corrected chi connectivity index (χ0v) is 13.7. The van der Waals surface area contributed by atoms with E-state index in [0.717, 1.165) is 62.5 Å². The fraction of sp³-hybridized carbons (Fsp3) is 0.765. The Balaban J connectivity index is 1.66. The van der Waals surface area contributed by atoms with Gasteiger partial charge < -0.3 is 9.84 Å².